The van der Waals surface area contributed by atoms with Gasteiger partial charge in [-0.2, -0.15) is 0 Å². The zero-order valence-electron chi connectivity index (χ0n) is 11.5. The molecule has 1 heterocycles. The van der Waals surface area contributed by atoms with E-state index in [0.717, 1.165) is 32.1 Å². The fraction of sp³-hybridized carbons (Fsp3) is 0.857. The number of nitrogens with one attached hydrogen (secondary N) is 1. The Hall–Kier alpha value is -1.10. The van der Waals surface area contributed by atoms with Crippen molar-refractivity contribution in [1.82, 2.24) is 5.32 Å². The molecule has 1 saturated heterocycles. The van der Waals surface area contributed by atoms with E-state index in [0.29, 0.717) is 25.9 Å². The van der Waals surface area contributed by atoms with Gasteiger partial charge in [0, 0.05) is 6.61 Å². The lowest BCUT2D eigenvalue weighted by Gasteiger charge is -2.33. The molecule has 108 valence electrons. The van der Waals surface area contributed by atoms with Crippen LogP contribution in [-0.4, -0.2) is 34.7 Å². The number of carbonyl (C=O) groups is 2. The van der Waals surface area contributed by atoms with Crippen LogP contribution in [0.1, 0.15) is 58.3 Å². The molecule has 0 radical (unpaired) electrons. The van der Waals surface area contributed by atoms with E-state index in [4.69, 9.17) is 4.74 Å². The van der Waals surface area contributed by atoms with Crippen LogP contribution in [0.5, 0.6) is 0 Å². The van der Waals surface area contributed by atoms with Crippen LogP contribution >= 0.6 is 0 Å². The fourth-order valence-electron chi connectivity index (χ4n) is 3.03. The third-order valence-electron chi connectivity index (χ3n) is 4.42. The number of carboxylic acids is 1. The van der Waals surface area contributed by atoms with Crippen LogP contribution in [0.3, 0.4) is 0 Å². The van der Waals surface area contributed by atoms with Gasteiger partial charge in [0.25, 0.3) is 5.91 Å². The molecule has 19 heavy (non-hydrogen) atoms. The number of aliphatic carboxylic acids is 1. The van der Waals surface area contributed by atoms with Gasteiger partial charge in [-0.1, -0.05) is 25.7 Å². The average Bonchev–Trinajstić information content (AvgIpc) is 2.67. The first-order chi connectivity index (χ1) is 8.99. The molecule has 2 aliphatic rings. The summed E-state index contributed by atoms with van der Waals surface area (Å²) in [5.74, 6) is -1.18. The molecule has 0 spiro atoms. The van der Waals surface area contributed by atoms with E-state index in [-0.39, 0.29) is 5.91 Å². The van der Waals surface area contributed by atoms with Gasteiger partial charge in [-0.3, -0.25) is 4.79 Å². The molecule has 1 saturated carbocycles. The highest BCUT2D eigenvalue weighted by molar-refractivity contribution is 5.91. The van der Waals surface area contributed by atoms with Gasteiger partial charge in [0.2, 0.25) is 0 Å². The molecule has 0 aromatic heterocycles. The molecule has 5 nitrogen and oxygen atoms in total. The number of ether oxygens (including phenoxy) is 1. The first-order valence-corrected chi connectivity index (χ1v) is 7.19. The van der Waals surface area contributed by atoms with Crippen LogP contribution in [0, 0.1) is 0 Å². The van der Waals surface area contributed by atoms with Gasteiger partial charge in [0.05, 0.1) is 0 Å². The van der Waals surface area contributed by atoms with Crippen molar-refractivity contribution in [3.05, 3.63) is 0 Å². The van der Waals surface area contributed by atoms with E-state index in [1.165, 1.54) is 0 Å². The predicted molar refractivity (Wildman–Crippen MR) is 69.8 cm³/mol. The third-order valence-corrected chi connectivity index (χ3v) is 4.42. The SMILES string of the molecule is CC1(C(=O)NC2(C(=O)O)CCCCCC2)CCCO1. The maximum atomic E-state index is 12.4. The van der Waals surface area contributed by atoms with Gasteiger partial charge in [0.1, 0.15) is 11.1 Å². The van der Waals surface area contributed by atoms with Crippen molar-refractivity contribution in [2.24, 2.45) is 0 Å². The van der Waals surface area contributed by atoms with Crippen molar-refractivity contribution >= 4 is 11.9 Å². The molecule has 1 aliphatic carbocycles. The van der Waals surface area contributed by atoms with Crippen LogP contribution < -0.4 is 5.32 Å². The quantitative estimate of drug-likeness (QED) is 0.767. The van der Waals surface area contributed by atoms with E-state index >= 15 is 0 Å². The topological polar surface area (TPSA) is 75.6 Å². The summed E-state index contributed by atoms with van der Waals surface area (Å²) in [6.07, 6.45) is 6.33. The van der Waals surface area contributed by atoms with Crippen molar-refractivity contribution in [3.63, 3.8) is 0 Å². The van der Waals surface area contributed by atoms with E-state index in [1.807, 2.05) is 0 Å². The molecule has 1 atom stereocenters. The second kappa shape index (κ2) is 5.49. The standard InChI is InChI=1S/C14H23NO4/c1-13(7-6-10-19-13)11(16)15-14(12(17)18)8-4-2-3-5-9-14/h2-10H2,1H3,(H,15,16)(H,17,18). The second-order valence-corrected chi connectivity index (χ2v) is 5.94. The lowest BCUT2D eigenvalue weighted by atomic mass is 9.88. The Kier molecular flexibility index (Phi) is 4.13. The maximum Gasteiger partial charge on any atom is 0.329 e. The second-order valence-electron chi connectivity index (χ2n) is 5.94. The van der Waals surface area contributed by atoms with Gasteiger partial charge in [-0.15, -0.1) is 0 Å². The summed E-state index contributed by atoms with van der Waals surface area (Å²) in [5, 5.41) is 12.3. The lowest BCUT2D eigenvalue weighted by Crippen LogP contribution is -2.59. The smallest absolute Gasteiger partial charge is 0.329 e. The highest BCUT2D eigenvalue weighted by atomic mass is 16.5. The lowest BCUT2D eigenvalue weighted by molar-refractivity contribution is -0.153. The number of rotatable bonds is 3. The maximum absolute atomic E-state index is 12.4. The summed E-state index contributed by atoms with van der Waals surface area (Å²) in [4.78, 5) is 24.0. The largest absolute Gasteiger partial charge is 0.480 e. The number of carbonyl (C=O) groups excluding carboxylic acids is 1. The van der Waals surface area contributed by atoms with Gasteiger partial charge in [0.15, 0.2) is 0 Å². The number of hydrogen-bond acceptors (Lipinski definition) is 3. The summed E-state index contributed by atoms with van der Waals surface area (Å²) in [7, 11) is 0. The Morgan fingerprint density at radius 1 is 1.05 bits per heavy atom. The molecule has 1 unspecified atom stereocenters. The summed E-state index contributed by atoms with van der Waals surface area (Å²) >= 11 is 0. The van der Waals surface area contributed by atoms with Crippen LogP contribution in [0.25, 0.3) is 0 Å². The van der Waals surface area contributed by atoms with Crippen LogP contribution in [-0.2, 0) is 14.3 Å². The zero-order chi connectivity index (χ0) is 13.9. The Balaban J connectivity index is 2.11. The molecule has 2 fully saturated rings. The molecular weight excluding hydrogens is 246 g/mol. The van der Waals surface area contributed by atoms with E-state index < -0.39 is 17.1 Å². The average molecular weight is 269 g/mol. The van der Waals surface area contributed by atoms with Crippen molar-refractivity contribution < 1.29 is 19.4 Å². The highest BCUT2D eigenvalue weighted by Crippen LogP contribution is 2.31. The predicted octanol–water partition coefficient (Wildman–Crippen LogP) is 1.85. The third kappa shape index (κ3) is 2.91. The molecule has 2 N–H and O–H groups in total. The minimum absolute atomic E-state index is 0.269. The van der Waals surface area contributed by atoms with Crippen molar-refractivity contribution in [1.29, 1.82) is 0 Å². The Morgan fingerprint density at radius 2 is 1.68 bits per heavy atom. The Labute approximate surface area is 113 Å². The Morgan fingerprint density at radius 3 is 2.16 bits per heavy atom. The van der Waals surface area contributed by atoms with Gasteiger partial charge in [-0.05, 0) is 32.6 Å². The minimum atomic E-state index is -1.09. The zero-order valence-corrected chi connectivity index (χ0v) is 11.5. The summed E-state index contributed by atoms with van der Waals surface area (Å²) < 4.78 is 5.49. The van der Waals surface area contributed by atoms with Crippen molar-refractivity contribution in [2.45, 2.75) is 69.4 Å². The molecule has 0 aromatic carbocycles. The Bertz CT molecular complexity index is 352. The number of amides is 1. The van der Waals surface area contributed by atoms with E-state index in [9.17, 15) is 14.7 Å². The fourth-order valence-corrected chi connectivity index (χ4v) is 3.03. The van der Waals surface area contributed by atoms with Gasteiger partial charge < -0.3 is 15.2 Å². The first kappa shape index (κ1) is 14.3. The van der Waals surface area contributed by atoms with Crippen LogP contribution in [0.15, 0.2) is 0 Å². The molecule has 5 heteroatoms. The molecular formula is C14H23NO4. The van der Waals surface area contributed by atoms with Gasteiger partial charge >= 0.3 is 5.97 Å². The molecule has 1 aliphatic heterocycles. The first-order valence-electron chi connectivity index (χ1n) is 7.19. The molecule has 0 aromatic rings. The summed E-state index contributed by atoms with van der Waals surface area (Å²) in [5.41, 5.74) is -1.95. The van der Waals surface area contributed by atoms with Gasteiger partial charge in [-0.25, -0.2) is 4.79 Å². The minimum Gasteiger partial charge on any atom is -0.480 e. The molecule has 2 rings (SSSR count). The monoisotopic (exact) mass is 269 g/mol. The van der Waals surface area contributed by atoms with Crippen LogP contribution in [0.4, 0.5) is 0 Å². The summed E-state index contributed by atoms with van der Waals surface area (Å²) in [6.45, 7) is 2.32. The van der Waals surface area contributed by atoms with E-state index in [2.05, 4.69) is 5.32 Å². The number of hydrogen-bond donors (Lipinski definition) is 2. The van der Waals surface area contributed by atoms with Crippen molar-refractivity contribution in [2.75, 3.05) is 6.61 Å². The molecule has 1 amide bonds. The van der Waals surface area contributed by atoms with E-state index in [1.54, 1.807) is 6.92 Å². The molecule has 0 bridgehead atoms. The summed E-state index contributed by atoms with van der Waals surface area (Å²) in [6, 6.07) is 0. The highest BCUT2D eigenvalue weighted by Gasteiger charge is 2.45. The van der Waals surface area contributed by atoms with Crippen LogP contribution in [0.2, 0.25) is 0 Å². The van der Waals surface area contributed by atoms with Crippen molar-refractivity contribution in [3.8, 4) is 0 Å². The normalized spacial score (nSPS) is 30.6. The number of carboxylic acid groups (broad SMARTS) is 1.